The molecule has 1 N–H and O–H groups in total. The number of hydrazone groups is 1. The SMILES string of the molecule is COc1ccc(C2=NN(C(=O)NCc3cnc(C(F)(F)F)nc3)CC2N2CCOCC2=O)cc1. The van der Waals surface area contributed by atoms with E-state index in [9.17, 15) is 22.8 Å². The number of aromatic nitrogens is 2. The van der Waals surface area contributed by atoms with Gasteiger partial charge in [-0.15, -0.1) is 0 Å². The van der Waals surface area contributed by atoms with Crippen LogP contribution in [0.3, 0.4) is 0 Å². The summed E-state index contributed by atoms with van der Waals surface area (Å²) < 4.78 is 48.2. The van der Waals surface area contributed by atoms with Crippen molar-refractivity contribution >= 4 is 17.6 Å². The topological polar surface area (TPSA) is 109 Å². The zero-order valence-electron chi connectivity index (χ0n) is 18.1. The standard InChI is InChI=1S/C21H21F3N6O4/c1-33-15-4-2-14(3-5-15)18-16(29-6-7-34-12-17(29)31)11-30(28-18)20(32)27-10-13-8-25-19(26-9-13)21(22,23)24/h2-5,8-9,16H,6-7,10-12H2,1H3,(H,27,32). The average Bonchev–Trinajstić information content (AvgIpc) is 3.28. The molecule has 4 rings (SSSR count). The van der Waals surface area contributed by atoms with Gasteiger partial charge in [-0.3, -0.25) is 4.79 Å². The number of benzene rings is 1. The maximum absolute atomic E-state index is 12.8. The van der Waals surface area contributed by atoms with Crippen molar-refractivity contribution in [3.05, 3.63) is 53.6 Å². The lowest BCUT2D eigenvalue weighted by Gasteiger charge is -2.32. The van der Waals surface area contributed by atoms with Gasteiger partial charge < -0.3 is 19.7 Å². The first-order valence-corrected chi connectivity index (χ1v) is 10.3. The third-order valence-corrected chi connectivity index (χ3v) is 5.31. The molecule has 1 fully saturated rings. The van der Waals surface area contributed by atoms with Gasteiger partial charge in [0.2, 0.25) is 11.7 Å². The van der Waals surface area contributed by atoms with E-state index in [2.05, 4.69) is 20.4 Å². The monoisotopic (exact) mass is 478 g/mol. The van der Waals surface area contributed by atoms with Gasteiger partial charge >= 0.3 is 12.2 Å². The number of carbonyl (C=O) groups excluding carboxylic acids is 2. The van der Waals surface area contributed by atoms with Crippen LogP contribution >= 0.6 is 0 Å². The molecule has 0 aliphatic carbocycles. The van der Waals surface area contributed by atoms with Crippen molar-refractivity contribution in [2.75, 3.05) is 33.4 Å². The molecule has 0 radical (unpaired) electrons. The van der Waals surface area contributed by atoms with E-state index >= 15 is 0 Å². The van der Waals surface area contributed by atoms with Gasteiger partial charge in [0.25, 0.3) is 0 Å². The van der Waals surface area contributed by atoms with Crippen molar-refractivity contribution < 1.29 is 32.2 Å². The highest BCUT2D eigenvalue weighted by Crippen LogP contribution is 2.25. The fraction of sp³-hybridized carbons (Fsp3) is 0.381. The van der Waals surface area contributed by atoms with Crippen molar-refractivity contribution in [3.8, 4) is 5.75 Å². The molecule has 2 aliphatic heterocycles. The number of nitrogens with zero attached hydrogens (tertiary/aromatic N) is 5. The lowest BCUT2D eigenvalue weighted by molar-refractivity contribution is -0.145. The van der Waals surface area contributed by atoms with Crippen LogP contribution in [0.15, 0.2) is 41.8 Å². The van der Waals surface area contributed by atoms with Gasteiger partial charge in [0, 0.05) is 36.6 Å². The van der Waals surface area contributed by atoms with Gasteiger partial charge in [-0.1, -0.05) is 0 Å². The number of nitrogens with one attached hydrogen (secondary N) is 1. The van der Waals surface area contributed by atoms with E-state index in [0.717, 1.165) is 18.0 Å². The van der Waals surface area contributed by atoms with Crippen molar-refractivity contribution in [1.82, 2.24) is 25.2 Å². The highest BCUT2D eigenvalue weighted by atomic mass is 19.4. The predicted octanol–water partition coefficient (Wildman–Crippen LogP) is 1.66. The fourth-order valence-corrected chi connectivity index (χ4v) is 3.60. The molecule has 2 aromatic rings. The number of amides is 3. The Labute approximate surface area is 192 Å². The Hall–Kier alpha value is -3.74. The molecule has 0 bridgehead atoms. The van der Waals surface area contributed by atoms with Crippen molar-refractivity contribution in [2.45, 2.75) is 18.8 Å². The molecule has 180 valence electrons. The van der Waals surface area contributed by atoms with Crippen LogP contribution in [0.5, 0.6) is 5.75 Å². The molecule has 1 aromatic heterocycles. The normalized spacial score (nSPS) is 18.6. The highest BCUT2D eigenvalue weighted by Gasteiger charge is 2.38. The molecular formula is C21H21F3N6O4. The van der Waals surface area contributed by atoms with Crippen molar-refractivity contribution in [2.24, 2.45) is 5.10 Å². The molecular weight excluding hydrogens is 457 g/mol. The first kappa shape index (κ1) is 23.4. The molecule has 34 heavy (non-hydrogen) atoms. The summed E-state index contributed by atoms with van der Waals surface area (Å²) in [6, 6.07) is 6.03. The van der Waals surface area contributed by atoms with Gasteiger partial charge in [-0.2, -0.15) is 18.3 Å². The Kier molecular flexibility index (Phi) is 6.63. The van der Waals surface area contributed by atoms with Crippen LogP contribution in [0.1, 0.15) is 17.0 Å². The summed E-state index contributed by atoms with van der Waals surface area (Å²) in [6.07, 6.45) is -2.64. The van der Waals surface area contributed by atoms with Crippen LogP contribution in [0, 0.1) is 0 Å². The number of rotatable bonds is 5. The lowest BCUT2D eigenvalue weighted by Crippen LogP contribution is -2.52. The Morgan fingerprint density at radius 2 is 1.94 bits per heavy atom. The second kappa shape index (κ2) is 9.63. The van der Waals surface area contributed by atoms with Crippen LogP contribution in [0.25, 0.3) is 0 Å². The largest absolute Gasteiger partial charge is 0.497 e. The van der Waals surface area contributed by atoms with E-state index < -0.39 is 24.1 Å². The van der Waals surface area contributed by atoms with E-state index in [-0.39, 0.29) is 25.6 Å². The van der Waals surface area contributed by atoms with E-state index in [0.29, 0.717) is 30.2 Å². The van der Waals surface area contributed by atoms with E-state index in [1.807, 2.05) is 0 Å². The summed E-state index contributed by atoms with van der Waals surface area (Å²) in [5.74, 6) is -0.815. The predicted molar refractivity (Wildman–Crippen MR) is 112 cm³/mol. The smallest absolute Gasteiger partial charge is 0.451 e. The number of hydrogen-bond donors (Lipinski definition) is 1. The number of urea groups is 1. The number of morpholine rings is 1. The Morgan fingerprint density at radius 3 is 2.56 bits per heavy atom. The first-order valence-electron chi connectivity index (χ1n) is 10.3. The van der Waals surface area contributed by atoms with Gasteiger partial charge in [0.05, 0.1) is 32.0 Å². The molecule has 13 heteroatoms. The summed E-state index contributed by atoms with van der Waals surface area (Å²) >= 11 is 0. The molecule has 0 spiro atoms. The van der Waals surface area contributed by atoms with E-state index in [1.54, 1.807) is 36.3 Å². The molecule has 3 amide bonds. The van der Waals surface area contributed by atoms with Crippen molar-refractivity contribution in [3.63, 3.8) is 0 Å². The zero-order chi connectivity index (χ0) is 24.3. The number of halogens is 3. The van der Waals surface area contributed by atoms with Crippen molar-refractivity contribution in [1.29, 1.82) is 0 Å². The van der Waals surface area contributed by atoms with Crippen LogP contribution in [0.2, 0.25) is 0 Å². The number of hydrogen-bond acceptors (Lipinski definition) is 7. The lowest BCUT2D eigenvalue weighted by atomic mass is 10.0. The number of carbonyl (C=O) groups is 2. The summed E-state index contributed by atoms with van der Waals surface area (Å²) in [4.78, 5) is 33.4. The summed E-state index contributed by atoms with van der Waals surface area (Å²) in [6.45, 7) is 0.701. The fourth-order valence-electron chi connectivity index (χ4n) is 3.60. The number of alkyl halides is 3. The maximum Gasteiger partial charge on any atom is 0.451 e. The quantitative estimate of drug-likeness (QED) is 0.700. The Bertz CT molecular complexity index is 1080. The summed E-state index contributed by atoms with van der Waals surface area (Å²) in [5.41, 5.74) is 1.54. The van der Waals surface area contributed by atoms with E-state index in [4.69, 9.17) is 9.47 Å². The van der Waals surface area contributed by atoms with Gasteiger partial charge in [-0.25, -0.2) is 19.8 Å². The molecule has 10 nitrogen and oxygen atoms in total. The second-order valence-electron chi connectivity index (χ2n) is 7.52. The van der Waals surface area contributed by atoms with Gasteiger partial charge in [0.15, 0.2) is 0 Å². The minimum absolute atomic E-state index is 0.0491. The van der Waals surface area contributed by atoms with Crippen LogP contribution in [-0.2, 0) is 22.3 Å². The summed E-state index contributed by atoms with van der Waals surface area (Å²) in [7, 11) is 1.55. The first-order chi connectivity index (χ1) is 16.3. The molecule has 1 saturated heterocycles. The number of ether oxygens (including phenoxy) is 2. The zero-order valence-corrected chi connectivity index (χ0v) is 18.1. The molecule has 0 saturated carbocycles. The van der Waals surface area contributed by atoms with Gasteiger partial charge in [0.1, 0.15) is 12.4 Å². The van der Waals surface area contributed by atoms with Gasteiger partial charge in [-0.05, 0) is 24.3 Å². The Balaban J connectivity index is 1.49. The Morgan fingerprint density at radius 1 is 1.24 bits per heavy atom. The highest BCUT2D eigenvalue weighted by molar-refractivity contribution is 6.08. The molecule has 2 aliphatic rings. The third-order valence-electron chi connectivity index (χ3n) is 5.31. The third kappa shape index (κ3) is 5.09. The van der Waals surface area contributed by atoms with E-state index in [1.165, 1.54) is 5.01 Å². The minimum atomic E-state index is -4.64. The average molecular weight is 478 g/mol. The minimum Gasteiger partial charge on any atom is -0.497 e. The van der Waals surface area contributed by atoms with Crippen LogP contribution < -0.4 is 10.1 Å². The molecule has 1 unspecified atom stereocenters. The molecule has 1 aromatic carbocycles. The maximum atomic E-state index is 12.8. The number of methoxy groups -OCH3 is 1. The van der Waals surface area contributed by atoms with Crippen LogP contribution in [-0.4, -0.2) is 77.0 Å². The molecule has 3 heterocycles. The summed E-state index contributed by atoms with van der Waals surface area (Å²) in [5, 5.41) is 8.23. The molecule has 1 atom stereocenters. The second-order valence-corrected chi connectivity index (χ2v) is 7.52. The van der Waals surface area contributed by atoms with Crippen LogP contribution in [0.4, 0.5) is 18.0 Å².